The Labute approximate surface area is 152 Å². The maximum absolute atomic E-state index is 12.0. The second kappa shape index (κ2) is 9.25. The van der Waals surface area contributed by atoms with E-state index in [1.54, 1.807) is 36.4 Å². The van der Waals surface area contributed by atoms with Gasteiger partial charge in [0.15, 0.2) is 5.76 Å². The molecular formula is C18H22ClN3O3. The van der Waals surface area contributed by atoms with Crippen LogP contribution in [0.2, 0.25) is 0 Å². The van der Waals surface area contributed by atoms with Crippen LogP contribution in [-0.4, -0.2) is 24.4 Å². The largest absolute Gasteiger partial charge is 0.459 e. The van der Waals surface area contributed by atoms with Gasteiger partial charge in [-0.15, -0.1) is 12.4 Å². The third-order valence-corrected chi connectivity index (χ3v) is 4.05. The average molecular weight is 364 g/mol. The molecule has 0 saturated carbocycles. The number of anilines is 2. The van der Waals surface area contributed by atoms with Crippen LogP contribution in [0.1, 0.15) is 36.2 Å². The fourth-order valence-corrected chi connectivity index (χ4v) is 2.77. The number of hydrogen-bond acceptors (Lipinski definition) is 4. The molecule has 0 bridgehead atoms. The molecule has 1 aliphatic rings. The second-order valence-corrected chi connectivity index (χ2v) is 5.89. The van der Waals surface area contributed by atoms with Gasteiger partial charge in [0.25, 0.3) is 5.91 Å². The van der Waals surface area contributed by atoms with Gasteiger partial charge in [-0.25, -0.2) is 0 Å². The molecule has 3 N–H and O–H groups in total. The van der Waals surface area contributed by atoms with E-state index in [0.29, 0.717) is 18.2 Å². The average Bonchev–Trinajstić information content (AvgIpc) is 3.28. The van der Waals surface area contributed by atoms with Gasteiger partial charge in [0.2, 0.25) is 5.91 Å². The van der Waals surface area contributed by atoms with E-state index in [1.165, 1.54) is 12.7 Å². The summed E-state index contributed by atoms with van der Waals surface area (Å²) in [5.41, 5.74) is 1.36. The molecule has 25 heavy (non-hydrogen) atoms. The summed E-state index contributed by atoms with van der Waals surface area (Å²) in [7, 11) is 0. The standard InChI is InChI=1S/C18H21N3O3.ClH/c22-17(10-9-13-3-1-11-19-13)20-14-5-7-15(8-6-14)21-18(23)16-4-2-12-24-16;/h2,4-8,12-13,19H,1,3,9-11H2,(H,20,22)(H,21,23);1H. The SMILES string of the molecule is Cl.O=C(CCC1CCCN1)Nc1ccc(NC(=O)c2ccco2)cc1. The topological polar surface area (TPSA) is 83.4 Å². The van der Waals surface area contributed by atoms with Gasteiger partial charge < -0.3 is 20.4 Å². The highest BCUT2D eigenvalue weighted by atomic mass is 35.5. The van der Waals surface area contributed by atoms with E-state index in [-0.39, 0.29) is 30.0 Å². The molecule has 134 valence electrons. The maximum Gasteiger partial charge on any atom is 0.291 e. The summed E-state index contributed by atoms with van der Waals surface area (Å²) >= 11 is 0. The lowest BCUT2D eigenvalue weighted by molar-refractivity contribution is -0.116. The predicted octanol–water partition coefficient (Wildman–Crippen LogP) is 3.42. The van der Waals surface area contributed by atoms with Gasteiger partial charge in [-0.05, 0) is 62.2 Å². The normalized spacial score (nSPS) is 16.1. The van der Waals surface area contributed by atoms with E-state index >= 15 is 0 Å². The van der Waals surface area contributed by atoms with Gasteiger partial charge in [-0.1, -0.05) is 0 Å². The fourth-order valence-electron chi connectivity index (χ4n) is 2.77. The zero-order valence-electron chi connectivity index (χ0n) is 13.8. The summed E-state index contributed by atoms with van der Waals surface area (Å²) in [5.74, 6) is -0.0372. The Morgan fingerprint density at radius 3 is 2.44 bits per heavy atom. The van der Waals surface area contributed by atoms with Crippen molar-refractivity contribution in [3.8, 4) is 0 Å². The lowest BCUT2D eigenvalue weighted by Crippen LogP contribution is -2.23. The van der Waals surface area contributed by atoms with E-state index in [9.17, 15) is 9.59 Å². The smallest absolute Gasteiger partial charge is 0.291 e. The minimum atomic E-state index is -0.305. The Kier molecular flexibility index (Phi) is 7.03. The molecule has 2 heterocycles. The van der Waals surface area contributed by atoms with E-state index in [1.807, 2.05) is 0 Å². The molecule has 1 aliphatic heterocycles. The molecule has 6 nitrogen and oxygen atoms in total. The molecule has 1 atom stereocenters. The first-order valence-electron chi connectivity index (χ1n) is 8.19. The summed E-state index contributed by atoms with van der Waals surface area (Å²) in [6, 6.07) is 10.8. The fraction of sp³-hybridized carbons (Fsp3) is 0.333. The first kappa shape index (κ1) is 19.0. The third kappa shape index (κ3) is 5.62. The quantitative estimate of drug-likeness (QED) is 0.734. The van der Waals surface area contributed by atoms with Crippen LogP contribution in [0.3, 0.4) is 0 Å². The second-order valence-electron chi connectivity index (χ2n) is 5.89. The Morgan fingerprint density at radius 1 is 1.12 bits per heavy atom. The number of halogens is 1. The first-order chi connectivity index (χ1) is 11.7. The van der Waals surface area contributed by atoms with Crippen LogP contribution in [0, 0.1) is 0 Å². The zero-order valence-corrected chi connectivity index (χ0v) is 14.6. The van der Waals surface area contributed by atoms with Gasteiger partial charge in [-0.3, -0.25) is 9.59 Å². The van der Waals surface area contributed by atoms with Gasteiger partial charge in [0.1, 0.15) is 0 Å². The van der Waals surface area contributed by atoms with Crippen molar-refractivity contribution in [1.29, 1.82) is 0 Å². The summed E-state index contributed by atoms with van der Waals surface area (Å²) in [6.45, 7) is 1.05. The third-order valence-electron chi connectivity index (χ3n) is 4.05. The van der Waals surface area contributed by atoms with Crippen LogP contribution >= 0.6 is 12.4 Å². The lowest BCUT2D eigenvalue weighted by Gasteiger charge is -2.10. The van der Waals surface area contributed by atoms with E-state index in [0.717, 1.165) is 25.1 Å². The Morgan fingerprint density at radius 2 is 1.84 bits per heavy atom. The van der Waals surface area contributed by atoms with Crippen LogP contribution in [0.4, 0.5) is 11.4 Å². The Balaban J connectivity index is 0.00000225. The molecule has 0 spiro atoms. The molecule has 2 amide bonds. The van der Waals surface area contributed by atoms with Crippen LogP contribution in [0.5, 0.6) is 0 Å². The molecule has 1 aromatic heterocycles. The number of benzene rings is 1. The van der Waals surface area contributed by atoms with Crippen molar-refractivity contribution in [3.63, 3.8) is 0 Å². The van der Waals surface area contributed by atoms with Crippen molar-refractivity contribution < 1.29 is 14.0 Å². The van der Waals surface area contributed by atoms with Gasteiger partial charge in [0.05, 0.1) is 6.26 Å². The summed E-state index contributed by atoms with van der Waals surface area (Å²) < 4.78 is 5.04. The zero-order chi connectivity index (χ0) is 16.8. The molecule has 0 aliphatic carbocycles. The molecule has 7 heteroatoms. The number of carbonyl (C=O) groups excluding carboxylic acids is 2. The van der Waals surface area contributed by atoms with Crippen LogP contribution in [-0.2, 0) is 4.79 Å². The summed E-state index contributed by atoms with van der Waals surface area (Å²) in [4.78, 5) is 23.8. The molecule has 1 saturated heterocycles. The number of furan rings is 1. The highest BCUT2D eigenvalue weighted by Gasteiger charge is 2.15. The first-order valence-corrected chi connectivity index (χ1v) is 8.19. The van der Waals surface area contributed by atoms with Crippen molar-refractivity contribution in [3.05, 3.63) is 48.4 Å². The van der Waals surface area contributed by atoms with Gasteiger partial charge in [0, 0.05) is 23.8 Å². The van der Waals surface area contributed by atoms with Crippen LogP contribution in [0.15, 0.2) is 47.1 Å². The predicted molar refractivity (Wildman–Crippen MR) is 99.2 cm³/mol. The molecule has 1 fully saturated rings. The molecule has 2 aromatic rings. The molecule has 0 radical (unpaired) electrons. The van der Waals surface area contributed by atoms with E-state index < -0.39 is 0 Å². The lowest BCUT2D eigenvalue weighted by atomic mass is 10.1. The number of carbonyl (C=O) groups is 2. The van der Waals surface area contributed by atoms with Crippen LogP contribution < -0.4 is 16.0 Å². The monoisotopic (exact) mass is 363 g/mol. The Hall–Kier alpha value is -2.31. The summed E-state index contributed by atoms with van der Waals surface area (Å²) in [6.07, 6.45) is 5.17. The molecule has 1 aromatic carbocycles. The summed E-state index contributed by atoms with van der Waals surface area (Å²) in [5, 5.41) is 8.99. The highest BCUT2D eigenvalue weighted by Crippen LogP contribution is 2.16. The van der Waals surface area contributed by atoms with Crippen molar-refractivity contribution in [2.45, 2.75) is 31.7 Å². The number of amides is 2. The van der Waals surface area contributed by atoms with Crippen LogP contribution in [0.25, 0.3) is 0 Å². The van der Waals surface area contributed by atoms with E-state index in [2.05, 4.69) is 16.0 Å². The highest BCUT2D eigenvalue weighted by molar-refractivity contribution is 6.02. The number of hydrogen-bond donors (Lipinski definition) is 3. The van der Waals surface area contributed by atoms with E-state index in [4.69, 9.17) is 4.42 Å². The number of nitrogens with one attached hydrogen (secondary N) is 3. The maximum atomic E-state index is 12.0. The van der Waals surface area contributed by atoms with Gasteiger partial charge in [-0.2, -0.15) is 0 Å². The molecular weight excluding hydrogens is 342 g/mol. The molecule has 1 unspecified atom stereocenters. The number of rotatable bonds is 6. The van der Waals surface area contributed by atoms with Crippen molar-refractivity contribution in [2.24, 2.45) is 0 Å². The minimum Gasteiger partial charge on any atom is -0.459 e. The minimum absolute atomic E-state index is 0. The van der Waals surface area contributed by atoms with Crippen molar-refractivity contribution >= 4 is 35.6 Å². The van der Waals surface area contributed by atoms with Gasteiger partial charge >= 0.3 is 0 Å². The van der Waals surface area contributed by atoms with Crippen molar-refractivity contribution in [2.75, 3.05) is 17.2 Å². The van der Waals surface area contributed by atoms with Crippen molar-refractivity contribution in [1.82, 2.24) is 5.32 Å². The molecule has 3 rings (SSSR count). The Bertz CT molecular complexity index is 680.